The van der Waals surface area contributed by atoms with Gasteiger partial charge in [-0.2, -0.15) is 18.3 Å². The summed E-state index contributed by atoms with van der Waals surface area (Å²) in [5, 5.41) is 5.82. The topological polar surface area (TPSA) is 54.5 Å². The Hall–Kier alpha value is -2.70. The predicted molar refractivity (Wildman–Crippen MR) is 107 cm³/mol. The lowest BCUT2D eigenvalue weighted by Crippen LogP contribution is -2.15. The van der Waals surface area contributed by atoms with E-state index in [1.165, 1.54) is 5.56 Å². The molecule has 2 heterocycles. The first-order valence-corrected chi connectivity index (χ1v) is 9.38. The molecule has 4 nitrogen and oxygen atoms in total. The van der Waals surface area contributed by atoms with Gasteiger partial charge in [-0.3, -0.25) is 5.10 Å². The molecule has 29 heavy (non-hydrogen) atoms. The van der Waals surface area contributed by atoms with Gasteiger partial charge in [0, 0.05) is 11.0 Å². The normalized spacial score (nSPS) is 13.0. The molecule has 0 radical (unpaired) electrons. The predicted octanol–water partition coefficient (Wildman–Crippen LogP) is 6.15. The first kappa shape index (κ1) is 21.0. The molecule has 0 saturated carbocycles. The molecule has 7 heteroatoms. The van der Waals surface area contributed by atoms with Crippen molar-refractivity contribution in [2.75, 3.05) is 0 Å². The van der Waals surface area contributed by atoms with Crippen molar-refractivity contribution in [2.24, 2.45) is 0 Å². The Morgan fingerprint density at radius 3 is 1.86 bits per heavy atom. The Bertz CT molecular complexity index is 1000. The fraction of sp³-hybridized carbons (Fsp3) is 0.409. The van der Waals surface area contributed by atoms with Gasteiger partial charge in [0.2, 0.25) is 0 Å². The summed E-state index contributed by atoms with van der Waals surface area (Å²) in [5.41, 5.74) is 2.30. The molecular weight excluding hydrogens is 377 g/mol. The van der Waals surface area contributed by atoms with Crippen LogP contribution in [0.5, 0.6) is 0 Å². The Morgan fingerprint density at radius 2 is 1.38 bits per heavy atom. The van der Waals surface area contributed by atoms with Crippen LogP contribution in [0.4, 0.5) is 13.2 Å². The van der Waals surface area contributed by atoms with Crippen molar-refractivity contribution in [1.29, 1.82) is 0 Å². The van der Waals surface area contributed by atoms with E-state index in [1.807, 2.05) is 56.2 Å². The number of nitrogens with zero attached hydrogens (tertiary/aromatic N) is 3. The largest absolute Gasteiger partial charge is 0.432 e. The molecule has 0 aliphatic rings. The van der Waals surface area contributed by atoms with Crippen molar-refractivity contribution in [2.45, 2.75) is 58.5 Å². The molecule has 0 bridgehead atoms. The molecule has 0 fully saturated rings. The summed E-state index contributed by atoms with van der Waals surface area (Å²) in [6, 6.07) is 10.9. The highest BCUT2D eigenvalue weighted by Crippen LogP contribution is 2.32. The molecule has 2 aromatic heterocycles. The van der Waals surface area contributed by atoms with Crippen LogP contribution in [0.15, 0.2) is 36.4 Å². The lowest BCUT2D eigenvalue weighted by atomic mass is 9.86. The van der Waals surface area contributed by atoms with Crippen LogP contribution in [0.1, 0.15) is 58.5 Å². The molecule has 0 unspecified atom stereocenters. The first-order chi connectivity index (χ1) is 13.2. The van der Waals surface area contributed by atoms with Gasteiger partial charge in [0.25, 0.3) is 0 Å². The number of aromatic amines is 1. The van der Waals surface area contributed by atoms with Crippen molar-refractivity contribution < 1.29 is 13.2 Å². The van der Waals surface area contributed by atoms with E-state index in [1.54, 1.807) is 0 Å². The molecule has 3 aromatic rings. The third kappa shape index (κ3) is 4.66. The molecule has 3 rings (SSSR count). The second-order valence-electron chi connectivity index (χ2n) is 9.20. The van der Waals surface area contributed by atoms with Crippen LogP contribution >= 0.6 is 0 Å². The molecule has 0 spiro atoms. The van der Waals surface area contributed by atoms with E-state index < -0.39 is 11.9 Å². The van der Waals surface area contributed by atoms with Crippen LogP contribution in [-0.4, -0.2) is 20.2 Å². The zero-order chi connectivity index (χ0) is 21.6. The van der Waals surface area contributed by atoms with Gasteiger partial charge in [-0.15, -0.1) is 0 Å². The van der Waals surface area contributed by atoms with Crippen LogP contribution in [0.3, 0.4) is 0 Å². The Labute approximate surface area is 168 Å². The Morgan fingerprint density at radius 1 is 0.759 bits per heavy atom. The SMILES string of the molecule is CC(C)(C)c1ccc(-c2cc(C(C)(C)C)nc(-c3cc(C(F)(F)F)[nH]n3)n2)cc1. The highest BCUT2D eigenvalue weighted by atomic mass is 19.4. The molecular formula is C22H25F3N4. The molecule has 0 amide bonds. The number of H-pyrrole nitrogens is 1. The zero-order valence-corrected chi connectivity index (χ0v) is 17.4. The number of nitrogens with one attached hydrogen (secondary N) is 1. The first-order valence-electron chi connectivity index (χ1n) is 9.38. The standard InChI is InChI=1S/C22H25F3N4/c1-20(2,3)14-9-7-13(8-10-14)15-11-17(21(4,5)6)27-19(26-15)16-12-18(29-28-16)22(23,24)25/h7-12H,1-6H3,(H,28,29). The van der Waals surface area contributed by atoms with Crippen LogP contribution < -0.4 is 0 Å². The molecule has 0 aliphatic carbocycles. The number of hydrogen-bond donors (Lipinski definition) is 1. The Balaban J connectivity index is 2.11. The molecule has 0 aliphatic heterocycles. The zero-order valence-electron chi connectivity index (χ0n) is 17.4. The van der Waals surface area contributed by atoms with Gasteiger partial charge in [0.05, 0.1) is 11.4 Å². The number of hydrogen-bond acceptors (Lipinski definition) is 3. The lowest BCUT2D eigenvalue weighted by molar-refractivity contribution is -0.141. The monoisotopic (exact) mass is 402 g/mol. The van der Waals surface area contributed by atoms with Gasteiger partial charge >= 0.3 is 6.18 Å². The quantitative estimate of drug-likeness (QED) is 0.559. The van der Waals surface area contributed by atoms with Gasteiger partial charge in [0.15, 0.2) is 5.82 Å². The van der Waals surface area contributed by atoms with E-state index in [9.17, 15) is 13.2 Å². The minimum atomic E-state index is -4.50. The van der Waals surface area contributed by atoms with Gasteiger partial charge in [-0.1, -0.05) is 65.8 Å². The van der Waals surface area contributed by atoms with Gasteiger partial charge in [0.1, 0.15) is 11.4 Å². The van der Waals surface area contributed by atoms with Crippen molar-refractivity contribution in [3.63, 3.8) is 0 Å². The summed E-state index contributed by atoms with van der Waals surface area (Å²) < 4.78 is 38.9. The summed E-state index contributed by atoms with van der Waals surface area (Å²) in [6.45, 7) is 12.4. The van der Waals surface area contributed by atoms with E-state index in [0.29, 0.717) is 5.69 Å². The van der Waals surface area contributed by atoms with Crippen LogP contribution in [0.25, 0.3) is 22.8 Å². The number of benzene rings is 1. The summed E-state index contributed by atoms with van der Waals surface area (Å²) in [5.74, 6) is 0.166. The third-order valence-corrected chi connectivity index (χ3v) is 4.65. The van der Waals surface area contributed by atoms with Crippen molar-refractivity contribution in [3.8, 4) is 22.8 Å². The van der Waals surface area contributed by atoms with E-state index in [4.69, 9.17) is 0 Å². The minimum Gasteiger partial charge on any atom is -0.273 e. The molecule has 1 N–H and O–H groups in total. The molecule has 0 atom stereocenters. The fourth-order valence-corrected chi connectivity index (χ4v) is 2.82. The summed E-state index contributed by atoms with van der Waals surface area (Å²) in [7, 11) is 0. The molecule has 1 aromatic carbocycles. The maximum Gasteiger partial charge on any atom is 0.432 e. The van der Waals surface area contributed by atoms with E-state index >= 15 is 0 Å². The van der Waals surface area contributed by atoms with Crippen LogP contribution in [-0.2, 0) is 17.0 Å². The average Bonchev–Trinajstić information content (AvgIpc) is 3.10. The average molecular weight is 402 g/mol. The fourth-order valence-electron chi connectivity index (χ4n) is 2.82. The Kier molecular flexibility index (Phi) is 5.05. The van der Waals surface area contributed by atoms with Crippen molar-refractivity contribution >= 4 is 0 Å². The summed E-state index contributed by atoms with van der Waals surface area (Å²) in [4.78, 5) is 9.01. The van der Waals surface area contributed by atoms with Gasteiger partial charge < -0.3 is 0 Å². The molecule has 154 valence electrons. The lowest BCUT2D eigenvalue weighted by Gasteiger charge is -2.20. The van der Waals surface area contributed by atoms with Gasteiger partial charge in [-0.05, 0) is 23.1 Å². The second kappa shape index (κ2) is 6.97. The maximum absolute atomic E-state index is 13.0. The van der Waals surface area contributed by atoms with Crippen LogP contribution in [0, 0.1) is 0 Å². The highest BCUT2D eigenvalue weighted by molar-refractivity contribution is 5.64. The van der Waals surface area contributed by atoms with Crippen LogP contribution in [0.2, 0.25) is 0 Å². The van der Waals surface area contributed by atoms with Crippen molar-refractivity contribution in [3.05, 3.63) is 53.3 Å². The van der Waals surface area contributed by atoms with Gasteiger partial charge in [-0.25, -0.2) is 9.97 Å². The van der Waals surface area contributed by atoms with E-state index in [0.717, 1.165) is 17.3 Å². The smallest absolute Gasteiger partial charge is 0.273 e. The maximum atomic E-state index is 13.0. The van der Waals surface area contributed by atoms with E-state index in [-0.39, 0.29) is 22.3 Å². The number of aromatic nitrogens is 4. The summed E-state index contributed by atoms with van der Waals surface area (Å²) in [6.07, 6.45) is -4.50. The highest BCUT2D eigenvalue weighted by Gasteiger charge is 2.33. The third-order valence-electron chi connectivity index (χ3n) is 4.65. The summed E-state index contributed by atoms with van der Waals surface area (Å²) >= 11 is 0. The van der Waals surface area contributed by atoms with Crippen molar-refractivity contribution in [1.82, 2.24) is 20.2 Å². The number of alkyl halides is 3. The minimum absolute atomic E-state index is 0.0228. The van der Waals surface area contributed by atoms with E-state index in [2.05, 4.69) is 35.8 Å². The number of rotatable bonds is 2. The second-order valence-corrected chi connectivity index (χ2v) is 9.20. The molecule has 0 saturated heterocycles. The number of halogens is 3.